The molecule has 18 heavy (non-hydrogen) atoms. The molecule has 3 aromatic rings. The average molecular weight is 237 g/mol. The van der Waals surface area contributed by atoms with Crippen molar-refractivity contribution in [2.75, 3.05) is 0 Å². The fourth-order valence-electron chi connectivity index (χ4n) is 2.00. The summed E-state index contributed by atoms with van der Waals surface area (Å²) in [4.78, 5) is 19.9. The highest BCUT2D eigenvalue weighted by molar-refractivity contribution is 5.89. The van der Waals surface area contributed by atoms with Crippen LogP contribution in [-0.2, 0) is 0 Å². The van der Waals surface area contributed by atoms with Gasteiger partial charge < -0.3 is 0 Å². The lowest BCUT2D eigenvalue weighted by molar-refractivity contribution is 0.112. The molecule has 0 amide bonds. The molecule has 4 heteroatoms. The predicted octanol–water partition coefficient (Wildman–Crippen LogP) is 2.54. The van der Waals surface area contributed by atoms with Crippen LogP contribution in [0.15, 0.2) is 42.7 Å². The Bertz CT molecular complexity index is 731. The first-order valence-corrected chi connectivity index (χ1v) is 5.65. The number of benzene rings is 1. The van der Waals surface area contributed by atoms with Crippen molar-refractivity contribution in [2.45, 2.75) is 6.92 Å². The molecule has 0 aliphatic heterocycles. The molecule has 4 nitrogen and oxygen atoms in total. The number of aryl methyl sites for hydroxylation is 1. The van der Waals surface area contributed by atoms with E-state index in [-0.39, 0.29) is 0 Å². The molecular weight excluding hydrogens is 226 g/mol. The number of para-hydroxylation sites is 1. The fourth-order valence-corrected chi connectivity index (χ4v) is 2.00. The van der Waals surface area contributed by atoms with E-state index in [1.165, 1.54) is 0 Å². The van der Waals surface area contributed by atoms with E-state index in [0.29, 0.717) is 11.4 Å². The number of carbonyl (C=O) groups excluding carboxylic acids is 1. The summed E-state index contributed by atoms with van der Waals surface area (Å²) in [6.07, 6.45) is 4.33. The van der Waals surface area contributed by atoms with Crippen LogP contribution < -0.4 is 0 Å². The second kappa shape index (κ2) is 4.07. The van der Waals surface area contributed by atoms with Gasteiger partial charge in [0, 0.05) is 17.8 Å². The van der Waals surface area contributed by atoms with E-state index in [4.69, 9.17) is 0 Å². The van der Waals surface area contributed by atoms with Crippen molar-refractivity contribution in [1.82, 2.24) is 14.5 Å². The van der Waals surface area contributed by atoms with Crippen molar-refractivity contribution >= 4 is 17.2 Å². The van der Waals surface area contributed by atoms with Crippen LogP contribution in [0.4, 0.5) is 0 Å². The van der Waals surface area contributed by atoms with Gasteiger partial charge in [0.15, 0.2) is 6.29 Å². The minimum absolute atomic E-state index is 0.565. The average Bonchev–Trinajstić information content (AvgIpc) is 2.83. The molecule has 0 spiro atoms. The quantitative estimate of drug-likeness (QED) is 0.643. The Kier molecular flexibility index (Phi) is 2.41. The predicted molar refractivity (Wildman–Crippen MR) is 69.0 cm³/mol. The minimum Gasteiger partial charge on any atom is -0.298 e. The highest BCUT2D eigenvalue weighted by atomic mass is 16.1. The summed E-state index contributed by atoms with van der Waals surface area (Å²) in [5.41, 5.74) is 1.43. The van der Waals surface area contributed by atoms with Crippen LogP contribution in [0.2, 0.25) is 0 Å². The first-order valence-electron chi connectivity index (χ1n) is 5.65. The van der Waals surface area contributed by atoms with E-state index in [1.807, 2.05) is 41.8 Å². The number of aromatic nitrogens is 3. The Morgan fingerprint density at radius 1 is 1.28 bits per heavy atom. The molecule has 88 valence electrons. The highest BCUT2D eigenvalue weighted by Crippen LogP contribution is 2.19. The van der Waals surface area contributed by atoms with Gasteiger partial charge in [-0.15, -0.1) is 0 Å². The third kappa shape index (κ3) is 1.59. The highest BCUT2D eigenvalue weighted by Gasteiger charge is 2.09. The summed E-state index contributed by atoms with van der Waals surface area (Å²) in [5, 5.41) is 0.959. The van der Waals surface area contributed by atoms with Crippen LogP contribution in [0.5, 0.6) is 0 Å². The smallest absolute Gasteiger partial charge is 0.153 e. The summed E-state index contributed by atoms with van der Waals surface area (Å²) < 4.78 is 1.82. The third-order valence-electron chi connectivity index (χ3n) is 2.91. The van der Waals surface area contributed by atoms with E-state index in [1.54, 1.807) is 12.4 Å². The lowest BCUT2D eigenvalue weighted by Crippen LogP contribution is -2.03. The molecule has 2 heterocycles. The van der Waals surface area contributed by atoms with Gasteiger partial charge in [0.2, 0.25) is 0 Å². The number of nitrogens with zero attached hydrogens (tertiary/aromatic N) is 3. The molecule has 0 atom stereocenters. The van der Waals surface area contributed by atoms with Gasteiger partial charge in [-0.3, -0.25) is 9.36 Å². The molecular formula is C14H11N3O. The first-order chi connectivity index (χ1) is 8.79. The monoisotopic (exact) mass is 237 g/mol. The number of pyridine rings is 1. The van der Waals surface area contributed by atoms with Gasteiger partial charge in [-0.25, -0.2) is 9.97 Å². The maximum Gasteiger partial charge on any atom is 0.153 e. The number of rotatable bonds is 2. The third-order valence-corrected chi connectivity index (χ3v) is 2.91. The largest absolute Gasteiger partial charge is 0.298 e. The van der Waals surface area contributed by atoms with E-state index in [2.05, 4.69) is 9.97 Å². The molecule has 0 aliphatic rings. The molecule has 3 rings (SSSR count). The Morgan fingerprint density at radius 3 is 2.83 bits per heavy atom. The molecule has 0 radical (unpaired) electrons. The lowest BCUT2D eigenvalue weighted by Gasteiger charge is -2.08. The standard InChI is InChI=1S/C14H11N3O/c1-10-15-6-7-17(10)14-12(9-18)8-11-4-2-3-5-13(11)16-14/h2-9H,1H3. The molecule has 0 N–H and O–H groups in total. The Balaban J connectivity index is 2.34. The summed E-state index contributed by atoms with van der Waals surface area (Å²) >= 11 is 0. The molecule has 0 saturated carbocycles. The molecule has 0 aliphatic carbocycles. The number of fused-ring (bicyclic) bond motifs is 1. The zero-order valence-corrected chi connectivity index (χ0v) is 9.87. The number of aldehydes is 1. The van der Waals surface area contributed by atoms with E-state index in [0.717, 1.165) is 23.0 Å². The summed E-state index contributed by atoms with van der Waals surface area (Å²) in [6.45, 7) is 1.88. The van der Waals surface area contributed by atoms with Gasteiger partial charge in [0.25, 0.3) is 0 Å². The van der Waals surface area contributed by atoms with Crippen LogP contribution in [0.25, 0.3) is 16.7 Å². The zero-order valence-electron chi connectivity index (χ0n) is 9.87. The lowest BCUT2D eigenvalue weighted by atomic mass is 10.1. The van der Waals surface area contributed by atoms with Gasteiger partial charge >= 0.3 is 0 Å². The van der Waals surface area contributed by atoms with E-state index >= 15 is 0 Å². The van der Waals surface area contributed by atoms with Crippen LogP contribution in [-0.4, -0.2) is 20.8 Å². The van der Waals surface area contributed by atoms with Gasteiger partial charge in [-0.2, -0.15) is 0 Å². The summed E-state index contributed by atoms with van der Waals surface area (Å²) in [5.74, 6) is 1.43. The Morgan fingerprint density at radius 2 is 2.11 bits per heavy atom. The van der Waals surface area contributed by atoms with Crippen molar-refractivity contribution in [3.63, 3.8) is 0 Å². The van der Waals surface area contributed by atoms with Gasteiger partial charge in [0.1, 0.15) is 11.6 Å². The summed E-state index contributed by atoms with van der Waals surface area (Å²) in [7, 11) is 0. The molecule has 0 unspecified atom stereocenters. The Labute approximate surface area is 104 Å². The van der Waals surface area contributed by atoms with Crippen LogP contribution >= 0.6 is 0 Å². The van der Waals surface area contributed by atoms with Crippen molar-refractivity contribution in [2.24, 2.45) is 0 Å². The van der Waals surface area contributed by atoms with Crippen molar-refractivity contribution in [3.8, 4) is 5.82 Å². The summed E-state index contributed by atoms with van der Waals surface area (Å²) in [6, 6.07) is 9.59. The number of hydrogen-bond acceptors (Lipinski definition) is 3. The zero-order chi connectivity index (χ0) is 12.5. The van der Waals surface area contributed by atoms with Crippen molar-refractivity contribution in [3.05, 3.63) is 54.1 Å². The molecule has 2 aromatic heterocycles. The number of hydrogen-bond donors (Lipinski definition) is 0. The minimum atomic E-state index is 0.565. The van der Waals surface area contributed by atoms with E-state index in [9.17, 15) is 4.79 Å². The van der Waals surface area contributed by atoms with Crippen LogP contribution in [0, 0.1) is 6.92 Å². The van der Waals surface area contributed by atoms with E-state index < -0.39 is 0 Å². The van der Waals surface area contributed by atoms with Crippen molar-refractivity contribution in [1.29, 1.82) is 0 Å². The fraction of sp³-hybridized carbons (Fsp3) is 0.0714. The molecule has 1 aromatic carbocycles. The second-order valence-electron chi connectivity index (χ2n) is 4.06. The number of carbonyl (C=O) groups is 1. The maximum absolute atomic E-state index is 11.2. The van der Waals surface area contributed by atoms with Gasteiger partial charge in [0.05, 0.1) is 11.1 Å². The van der Waals surface area contributed by atoms with Crippen molar-refractivity contribution < 1.29 is 4.79 Å². The normalized spacial score (nSPS) is 10.7. The SMILES string of the molecule is Cc1nccn1-c1nc2ccccc2cc1C=O. The second-order valence-corrected chi connectivity index (χ2v) is 4.06. The molecule has 0 fully saturated rings. The number of imidazole rings is 1. The van der Waals surface area contributed by atoms with Gasteiger partial charge in [-0.1, -0.05) is 18.2 Å². The first kappa shape index (κ1) is 10.7. The molecule has 0 saturated heterocycles. The van der Waals surface area contributed by atoms with Crippen LogP contribution in [0.1, 0.15) is 16.2 Å². The van der Waals surface area contributed by atoms with Gasteiger partial charge in [-0.05, 0) is 19.1 Å². The maximum atomic E-state index is 11.2. The topological polar surface area (TPSA) is 47.8 Å². The Hall–Kier alpha value is -2.49. The molecule has 0 bridgehead atoms. The van der Waals surface area contributed by atoms with Crippen LogP contribution in [0.3, 0.4) is 0 Å².